The normalized spacial score (nSPS) is 18.6. The van der Waals surface area contributed by atoms with Gasteiger partial charge in [-0.25, -0.2) is 4.79 Å². The van der Waals surface area contributed by atoms with Crippen LogP contribution < -0.4 is 10.6 Å². The Morgan fingerprint density at radius 3 is 2.68 bits per heavy atom. The van der Waals surface area contributed by atoms with Crippen LogP contribution in [0.2, 0.25) is 5.02 Å². The maximum absolute atomic E-state index is 11.8. The van der Waals surface area contributed by atoms with E-state index in [1.807, 2.05) is 30.3 Å². The van der Waals surface area contributed by atoms with E-state index in [1.54, 1.807) is 18.2 Å². The lowest BCUT2D eigenvalue weighted by Crippen LogP contribution is -2.49. The molecule has 2 N–H and O–H groups in total. The molecule has 3 rings (SSSR count). The van der Waals surface area contributed by atoms with Crippen LogP contribution in [0.3, 0.4) is 0 Å². The first-order valence-corrected chi connectivity index (χ1v) is 8.45. The number of hydrogen-bond acceptors (Lipinski definition) is 4. The number of nitriles is 1. The minimum atomic E-state index is -0.409. The van der Waals surface area contributed by atoms with Crippen molar-refractivity contribution in [1.29, 1.82) is 5.26 Å². The van der Waals surface area contributed by atoms with Gasteiger partial charge in [0.25, 0.3) is 0 Å². The fourth-order valence-corrected chi connectivity index (χ4v) is 2.91. The van der Waals surface area contributed by atoms with Gasteiger partial charge in [-0.2, -0.15) is 5.26 Å². The number of benzene rings is 2. The lowest BCUT2D eigenvalue weighted by molar-refractivity contribution is 0.129. The molecule has 0 aromatic heterocycles. The number of rotatable bonds is 5. The second-order valence-electron chi connectivity index (χ2n) is 6.02. The van der Waals surface area contributed by atoms with Crippen molar-refractivity contribution in [2.24, 2.45) is 0 Å². The molecule has 128 valence electrons. The van der Waals surface area contributed by atoms with Crippen LogP contribution >= 0.6 is 11.6 Å². The Labute approximate surface area is 151 Å². The quantitative estimate of drug-likeness (QED) is 0.847. The summed E-state index contributed by atoms with van der Waals surface area (Å²) >= 11 is 5.98. The Bertz CT molecular complexity index is 783. The summed E-state index contributed by atoms with van der Waals surface area (Å²) < 4.78 is 5.21. The highest BCUT2D eigenvalue weighted by molar-refractivity contribution is 6.30. The Hall–Kier alpha value is -2.71. The molecular weight excluding hydrogens is 338 g/mol. The van der Waals surface area contributed by atoms with E-state index in [9.17, 15) is 4.79 Å². The first-order chi connectivity index (χ1) is 12.1. The van der Waals surface area contributed by atoms with Gasteiger partial charge in [0.15, 0.2) is 0 Å². The highest BCUT2D eigenvalue weighted by Gasteiger charge is 2.31. The van der Waals surface area contributed by atoms with Gasteiger partial charge >= 0.3 is 6.09 Å². The molecule has 0 aliphatic heterocycles. The molecule has 1 aliphatic carbocycles. The number of alkyl carbamates (subject to hydrolysis) is 1. The van der Waals surface area contributed by atoms with Crippen LogP contribution in [0.25, 0.3) is 0 Å². The standard InChI is InChI=1S/C19H18ClN3O2/c20-15-7-6-14(11-21)18(8-15)22-16-9-17(10-16)23-19(24)25-12-13-4-2-1-3-5-13/h1-8,16-17,22H,9-10,12H2,(H,23,24). The number of halogens is 1. The van der Waals surface area contributed by atoms with Crippen molar-refractivity contribution in [3.63, 3.8) is 0 Å². The molecule has 1 aliphatic rings. The third-order valence-electron chi connectivity index (χ3n) is 4.13. The van der Waals surface area contributed by atoms with Crippen LogP contribution in [-0.2, 0) is 11.3 Å². The van der Waals surface area contributed by atoms with Crippen molar-refractivity contribution in [3.05, 3.63) is 64.7 Å². The molecule has 25 heavy (non-hydrogen) atoms. The zero-order valence-corrected chi connectivity index (χ0v) is 14.3. The van der Waals surface area contributed by atoms with E-state index in [1.165, 1.54) is 0 Å². The van der Waals surface area contributed by atoms with E-state index >= 15 is 0 Å². The molecule has 0 heterocycles. The summed E-state index contributed by atoms with van der Waals surface area (Å²) in [5.74, 6) is 0. The van der Waals surface area contributed by atoms with E-state index in [-0.39, 0.29) is 18.7 Å². The molecule has 0 spiro atoms. The molecule has 5 nitrogen and oxygen atoms in total. The van der Waals surface area contributed by atoms with Crippen LogP contribution in [0.5, 0.6) is 0 Å². The van der Waals surface area contributed by atoms with Gasteiger partial charge in [-0.1, -0.05) is 41.9 Å². The fourth-order valence-electron chi connectivity index (χ4n) is 2.74. The molecule has 0 saturated heterocycles. The van der Waals surface area contributed by atoms with Crippen LogP contribution in [0, 0.1) is 11.3 Å². The van der Waals surface area contributed by atoms with Gasteiger partial charge in [-0.3, -0.25) is 0 Å². The second kappa shape index (κ2) is 7.91. The summed E-state index contributed by atoms with van der Waals surface area (Å²) in [5.41, 5.74) is 2.24. The lowest BCUT2D eigenvalue weighted by Gasteiger charge is -2.36. The lowest BCUT2D eigenvalue weighted by atomic mass is 9.86. The van der Waals surface area contributed by atoms with Crippen molar-refractivity contribution >= 4 is 23.4 Å². The van der Waals surface area contributed by atoms with E-state index in [2.05, 4.69) is 16.7 Å². The minimum absolute atomic E-state index is 0.0745. The zero-order valence-electron chi connectivity index (χ0n) is 13.5. The summed E-state index contributed by atoms with van der Waals surface area (Å²) in [6, 6.07) is 17.1. The summed E-state index contributed by atoms with van der Waals surface area (Å²) in [4.78, 5) is 11.8. The number of amides is 1. The third-order valence-corrected chi connectivity index (χ3v) is 4.37. The van der Waals surface area contributed by atoms with E-state index in [0.717, 1.165) is 24.1 Å². The maximum atomic E-state index is 11.8. The summed E-state index contributed by atoms with van der Waals surface area (Å²) in [7, 11) is 0. The van der Waals surface area contributed by atoms with Gasteiger partial charge in [0.1, 0.15) is 12.7 Å². The molecule has 2 aromatic rings. The molecule has 1 saturated carbocycles. The number of ether oxygens (including phenoxy) is 1. The zero-order chi connectivity index (χ0) is 17.6. The van der Waals surface area contributed by atoms with Crippen LogP contribution in [0.4, 0.5) is 10.5 Å². The average molecular weight is 356 g/mol. The first kappa shape index (κ1) is 17.1. The first-order valence-electron chi connectivity index (χ1n) is 8.07. The molecule has 2 aromatic carbocycles. The van der Waals surface area contributed by atoms with Gasteiger partial charge in [0.2, 0.25) is 0 Å². The summed E-state index contributed by atoms with van der Waals surface area (Å²) in [6.45, 7) is 0.259. The second-order valence-corrected chi connectivity index (χ2v) is 6.45. The summed E-state index contributed by atoms with van der Waals surface area (Å²) in [6.07, 6.45) is 1.14. The average Bonchev–Trinajstić information content (AvgIpc) is 2.59. The predicted molar refractivity (Wildman–Crippen MR) is 96.4 cm³/mol. The van der Waals surface area contributed by atoms with Crippen molar-refractivity contribution < 1.29 is 9.53 Å². The number of carbonyl (C=O) groups excluding carboxylic acids is 1. The highest BCUT2D eigenvalue weighted by Crippen LogP contribution is 2.28. The van der Waals surface area contributed by atoms with Crippen LogP contribution in [0.1, 0.15) is 24.0 Å². The summed E-state index contributed by atoms with van der Waals surface area (Å²) in [5, 5.41) is 15.9. The Balaban J connectivity index is 1.42. The monoisotopic (exact) mass is 355 g/mol. The van der Waals surface area contributed by atoms with Crippen molar-refractivity contribution in [2.45, 2.75) is 31.5 Å². The van der Waals surface area contributed by atoms with Gasteiger partial charge in [0.05, 0.1) is 11.3 Å². The van der Waals surface area contributed by atoms with Gasteiger partial charge in [-0.05, 0) is 36.6 Å². The third kappa shape index (κ3) is 4.65. The van der Waals surface area contributed by atoms with E-state index in [4.69, 9.17) is 21.6 Å². The number of hydrogen-bond donors (Lipinski definition) is 2. The predicted octanol–water partition coefficient (Wildman–Crippen LogP) is 4.08. The maximum Gasteiger partial charge on any atom is 0.407 e. The van der Waals surface area contributed by atoms with Crippen molar-refractivity contribution in [3.8, 4) is 6.07 Å². The van der Waals surface area contributed by atoms with Gasteiger partial charge in [-0.15, -0.1) is 0 Å². The topological polar surface area (TPSA) is 74.2 Å². The molecule has 0 atom stereocenters. The Morgan fingerprint density at radius 2 is 1.96 bits per heavy atom. The van der Waals surface area contributed by atoms with E-state index in [0.29, 0.717) is 10.6 Å². The highest BCUT2D eigenvalue weighted by atomic mass is 35.5. The van der Waals surface area contributed by atoms with Gasteiger partial charge < -0.3 is 15.4 Å². The number of nitrogens with zero attached hydrogens (tertiary/aromatic N) is 1. The Morgan fingerprint density at radius 1 is 1.20 bits per heavy atom. The number of anilines is 1. The molecule has 1 fully saturated rings. The largest absolute Gasteiger partial charge is 0.445 e. The smallest absolute Gasteiger partial charge is 0.407 e. The molecule has 0 unspecified atom stereocenters. The SMILES string of the molecule is N#Cc1ccc(Cl)cc1NC1CC(NC(=O)OCc2ccccc2)C1. The molecule has 6 heteroatoms. The molecular formula is C19H18ClN3O2. The van der Waals surface area contributed by atoms with Crippen molar-refractivity contribution in [1.82, 2.24) is 5.32 Å². The molecule has 0 radical (unpaired) electrons. The van der Waals surface area contributed by atoms with Crippen molar-refractivity contribution in [2.75, 3.05) is 5.32 Å². The van der Waals surface area contributed by atoms with Gasteiger partial charge in [0, 0.05) is 17.1 Å². The molecule has 1 amide bonds. The Kier molecular flexibility index (Phi) is 5.42. The number of nitrogens with one attached hydrogen (secondary N) is 2. The van der Waals surface area contributed by atoms with E-state index < -0.39 is 6.09 Å². The van der Waals surface area contributed by atoms with Crippen LogP contribution in [0.15, 0.2) is 48.5 Å². The molecule has 0 bridgehead atoms. The minimum Gasteiger partial charge on any atom is -0.445 e. The number of carbonyl (C=O) groups is 1. The fraction of sp³-hybridized carbons (Fsp3) is 0.263. The van der Waals surface area contributed by atoms with Crippen LogP contribution in [-0.4, -0.2) is 18.2 Å².